The Kier molecular flexibility index (Phi) is 5.99. The molecular weight excluding hydrogens is 295 g/mol. The van der Waals surface area contributed by atoms with Crippen LogP contribution in [0.4, 0.5) is 9.18 Å². The lowest BCUT2D eigenvalue weighted by molar-refractivity contribution is 0.116. The summed E-state index contributed by atoms with van der Waals surface area (Å²) in [6.45, 7) is 6.48. The molecule has 1 aromatic rings. The van der Waals surface area contributed by atoms with E-state index in [0.29, 0.717) is 11.5 Å². The zero-order valence-electron chi connectivity index (χ0n) is 14.1. The van der Waals surface area contributed by atoms with Crippen molar-refractivity contribution >= 4 is 6.03 Å². The van der Waals surface area contributed by atoms with E-state index in [9.17, 15) is 14.3 Å². The first-order chi connectivity index (χ1) is 10.9. The number of hydrogen-bond donors (Lipinski definition) is 2. The van der Waals surface area contributed by atoms with Gasteiger partial charge in [0.05, 0.1) is 12.6 Å². The molecule has 0 heterocycles. The number of hydrogen-bond acceptors (Lipinski definition) is 2. The first-order valence-corrected chi connectivity index (χ1v) is 8.37. The Hall–Kier alpha value is -1.62. The van der Waals surface area contributed by atoms with Crippen molar-refractivity contribution in [1.82, 2.24) is 10.2 Å². The molecule has 128 valence electrons. The van der Waals surface area contributed by atoms with E-state index in [4.69, 9.17) is 0 Å². The van der Waals surface area contributed by atoms with Gasteiger partial charge in [-0.05, 0) is 49.8 Å². The summed E-state index contributed by atoms with van der Waals surface area (Å²) in [4.78, 5) is 14.2. The minimum absolute atomic E-state index is 0.103. The van der Waals surface area contributed by atoms with Crippen molar-refractivity contribution in [3.63, 3.8) is 0 Å². The van der Waals surface area contributed by atoms with E-state index in [1.165, 1.54) is 12.1 Å². The monoisotopic (exact) mass is 322 g/mol. The maximum atomic E-state index is 13.0. The van der Waals surface area contributed by atoms with E-state index in [-0.39, 0.29) is 30.5 Å². The number of aliphatic hydroxyl groups excluding tert-OH is 1. The second-order valence-corrected chi connectivity index (χ2v) is 6.93. The van der Waals surface area contributed by atoms with Crippen molar-refractivity contribution in [3.8, 4) is 0 Å². The van der Waals surface area contributed by atoms with Gasteiger partial charge in [-0.15, -0.1) is 0 Å². The van der Waals surface area contributed by atoms with E-state index in [0.717, 1.165) is 19.3 Å². The Morgan fingerprint density at radius 3 is 2.43 bits per heavy atom. The summed E-state index contributed by atoms with van der Waals surface area (Å²) < 4.78 is 13.0. The topological polar surface area (TPSA) is 52.6 Å². The zero-order valence-corrected chi connectivity index (χ0v) is 14.1. The third-order valence-electron chi connectivity index (χ3n) is 4.07. The van der Waals surface area contributed by atoms with Crippen LogP contribution in [-0.2, 0) is 0 Å². The van der Waals surface area contributed by atoms with Crippen LogP contribution < -0.4 is 5.32 Å². The summed E-state index contributed by atoms with van der Waals surface area (Å²) in [7, 11) is 0. The van der Waals surface area contributed by atoms with Crippen LogP contribution >= 0.6 is 0 Å². The molecule has 2 unspecified atom stereocenters. The number of carbonyl (C=O) groups excluding carboxylic acids is 1. The van der Waals surface area contributed by atoms with E-state index in [2.05, 4.69) is 19.2 Å². The summed E-state index contributed by atoms with van der Waals surface area (Å²) in [5, 5.41) is 13.4. The Bertz CT molecular complexity index is 514. The Labute approximate surface area is 137 Å². The van der Waals surface area contributed by atoms with Crippen LogP contribution in [0.5, 0.6) is 0 Å². The van der Waals surface area contributed by atoms with Gasteiger partial charge < -0.3 is 15.3 Å². The standard InChI is InChI=1S/C18H27FN2O2/c1-12(2)10-13(3)20-18(23)21(16-8-9-16)11-17(22)14-4-6-15(19)7-5-14/h4-7,12-13,16-17,22H,8-11H2,1-3H3,(H,20,23). The largest absolute Gasteiger partial charge is 0.387 e. The molecule has 5 heteroatoms. The number of halogens is 1. The molecule has 0 aliphatic heterocycles. The molecule has 0 saturated heterocycles. The summed E-state index contributed by atoms with van der Waals surface area (Å²) in [6.07, 6.45) is 2.07. The van der Waals surface area contributed by atoms with Crippen molar-refractivity contribution in [2.75, 3.05) is 6.54 Å². The maximum absolute atomic E-state index is 13.0. The molecule has 4 nitrogen and oxygen atoms in total. The molecular formula is C18H27FN2O2. The summed E-state index contributed by atoms with van der Waals surface area (Å²) in [6, 6.07) is 5.95. The second-order valence-electron chi connectivity index (χ2n) is 6.93. The highest BCUT2D eigenvalue weighted by Gasteiger charge is 2.34. The zero-order chi connectivity index (χ0) is 17.0. The Balaban J connectivity index is 1.95. The highest BCUT2D eigenvalue weighted by atomic mass is 19.1. The maximum Gasteiger partial charge on any atom is 0.317 e. The molecule has 1 fully saturated rings. The van der Waals surface area contributed by atoms with Crippen molar-refractivity contribution in [3.05, 3.63) is 35.6 Å². The number of nitrogens with one attached hydrogen (secondary N) is 1. The molecule has 0 aromatic heterocycles. The smallest absolute Gasteiger partial charge is 0.317 e. The fraction of sp³-hybridized carbons (Fsp3) is 0.611. The third-order valence-corrected chi connectivity index (χ3v) is 4.07. The second kappa shape index (κ2) is 7.77. The van der Waals surface area contributed by atoms with E-state index in [1.54, 1.807) is 17.0 Å². The molecule has 1 aliphatic rings. The molecule has 1 aromatic carbocycles. The normalized spacial score (nSPS) is 17.0. The average Bonchev–Trinajstić information content (AvgIpc) is 3.28. The van der Waals surface area contributed by atoms with Crippen LogP contribution in [0.3, 0.4) is 0 Å². The van der Waals surface area contributed by atoms with Crippen LogP contribution in [0, 0.1) is 11.7 Å². The molecule has 2 atom stereocenters. The molecule has 2 N–H and O–H groups in total. The lowest BCUT2D eigenvalue weighted by Gasteiger charge is -2.28. The minimum atomic E-state index is -0.803. The number of urea groups is 1. The number of benzene rings is 1. The number of aliphatic hydroxyl groups is 1. The van der Waals surface area contributed by atoms with Gasteiger partial charge in [0.1, 0.15) is 5.82 Å². The predicted octanol–water partition coefficient (Wildman–Crippen LogP) is 3.47. The van der Waals surface area contributed by atoms with Crippen LogP contribution in [0.2, 0.25) is 0 Å². The summed E-state index contributed by atoms with van der Waals surface area (Å²) in [5.41, 5.74) is 0.625. The fourth-order valence-electron chi connectivity index (χ4n) is 2.82. The predicted molar refractivity (Wildman–Crippen MR) is 88.5 cm³/mol. The minimum Gasteiger partial charge on any atom is -0.387 e. The first kappa shape index (κ1) is 17.7. The van der Waals surface area contributed by atoms with Gasteiger partial charge in [0.15, 0.2) is 0 Å². The van der Waals surface area contributed by atoms with E-state index >= 15 is 0 Å². The molecule has 2 rings (SSSR count). The SMILES string of the molecule is CC(C)CC(C)NC(=O)N(CC(O)c1ccc(F)cc1)C1CC1. The molecule has 23 heavy (non-hydrogen) atoms. The highest BCUT2D eigenvalue weighted by Crippen LogP contribution is 2.29. The van der Waals surface area contributed by atoms with Gasteiger partial charge in [-0.2, -0.15) is 0 Å². The van der Waals surface area contributed by atoms with E-state index in [1.807, 2.05) is 6.92 Å². The van der Waals surface area contributed by atoms with Crippen LogP contribution in [-0.4, -0.2) is 34.7 Å². The van der Waals surface area contributed by atoms with Gasteiger partial charge in [-0.3, -0.25) is 0 Å². The van der Waals surface area contributed by atoms with Gasteiger partial charge in [0.25, 0.3) is 0 Å². The van der Waals surface area contributed by atoms with Crippen molar-refractivity contribution in [2.45, 2.75) is 58.2 Å². The Morgan fingerprint density at radius 2 is 1.91 bits per heavy atom. The van der Waals surface area contributed by atoms with Crippen LogP contribution in [0.1, 0.15) is 51.7 Å². The molecule has 0 radical (unpaired) electrons. The highest BCUT2D eigenvalue weighted by molar-refractivity contribution is 5.75. The number of amides is 2. The third kappa shape index (κ3) is 5.50. The van der Waals surface area contributed by atoms with Gasteiger partial charge >= 0.3 is 6.03 Å². The molecule has 2 amide bonds. The van der Waals surface area contributed by atoms with Crippen LogP contribution in [0.25, 0.3) is 0 Å². The average molecular weight is 322 g/mol. The van der Waals surface area contributed by atoms with Crippen LogP contribution in [0.15, 0.2) is 24.3 Å². The number of carbonyl (C=O) groups is 1. The molecule has 1 aliphatic carbocycles. The number of rotatable bonds is 7. The molecule has 0 spiro atoms. The number of nitrogens with zero attached hydrogens (tertiary/aromatic N) is 1. The summed E-state index contributed by atoms with van der Waals surface area (Å²) >= 11 is 0. The van der Waals surface area contributed by atoms with Gasteiger partial charge in [0, 0.05) is 12.1 Å². The van der Waals surface area contributed by atoms with E-state index < -0.39 is 6.10 Å². The molecule has 0 bridgehead atoms. The Morgan fingerprint density at radius 1 is 1.30 bits per heavy atom. The van der Waals surface area contributed by atoms with Gasteiger partial charge in [0.2, 0.25) is 0 Å². The van der Waals surface area contributed by atoms with Crippen molar-refractivity contribution in [1.29, 1.82) is 0 Å². The quantitative estimate of drug-likeness (QED) is 0.807. The van der Waals surface area contributed by atoms with Gasteiger partial charge in [-0.1, -0.05) is 26.0 Å². The lowest BCUT2D eigenvalue weighted by Crippen LogP contribution is -2.46. The fourth-order valence-corrected chi connectivity index (χ4v) is 2.82. The summed E-state index contributed by atoms with van der Waals surface area (Å²) in [5.74, 6) is 0.185. The van der Waals surface area contributed by atoms with Gasteiger partial charge in [-0.25, -0.2) is 9.18 Å². The van der Waals surface area contributed by atoms with Crippen molar-refractivity contribution in [2.24, 2.45) is 5.92 Å². The first-order valence-electron chi connectivity index (χ1n) is 8.37. The molecule has 1 saturated carbocycles. The lowest BCUT2D eigenvalue weighted by atomic mass is 10.1. The van der Waals surface area contributed by atoms with Crippen molar-refractivity contribution < 1.29 is 14.3 Å².